The number of carbonyl (C=O) groups is 2. The maximum absolute atomic E-state index is 12.6. The molecule has 0 saturated carbocycles. The van der Waals surface area contributed by atoms with E-state index < -0.39 is 0 Å². The van der Waals surface area contributed by atoms with E-state index in [4.69, 9.17) is 20.8 Å². The number of nitrogens with zero attached hydrogens (tertiary/aromatic N) is 1. The molecule has 30 heavy (non-hydrogen) atoms. The van der Waals surface area contributed by atoms with Crippen molar-refractivity contribution >= 4 is 52.3 Å². The molecule has 3 aromatic rings. The summed E-state index contributed by atoms with van der Waals surface area (Å²) in [7, 11) is 0. The van der Waals surface area contributed by atoms with Gasteiger partial charge in [0, 0.05) is 11.0 Å². The average Bonchev–Trinajstić information content (AvgIpc) is 3.29. The Balaban J connectivity index is 1.37. The summed E-state index contributed by atoms with van der Waals surface area (Å²) in [6.45, 7) is 0.300. The highest BCUT2D eigenvalue weighted by molar-refractivity contribution is 8.18. The minimum absolute atomic E-state index is 0.139. The SMILES string of the molecule is O=C1S/C(=C\c2ccc(Sc3ccccc3)o2)C(=O)N1CCOc1ccccc1Cl. The van der Waals surface area contributed by atoms with Gasteiger partial charge < -0.3 is 9.15 Å². The Labute approximate surface area is 187 Å². The first-order valence-electron chi connectivity index (χ1n) is 9.05. The van der Waals surface area contributed by atoms with Crippen molar-refractivity contribution in [1.29, 1.82) is 0 Å². The second-order valence-electron chi connectivity index (χ2n) is 6.18. The molecule has 0 atom stereocenters. The molecule has 1 fully saturated rings. The van der Waals surface area contributed by atoms with Crippen LogP contribution >= 0.6 is 35.1 Å². The minimum Gasteiger partial charge on any atom is -0.490 e. The first-order chi connectivity index (χ1) is 14.6. The number of hydrogen-bond acceptors (Lipinski definition) is 6. The normalized spacial score (nSPS) is 15.2. The van der Waals surface area contributed by atoms with Crippen molar-refractivity contribution in [2.45, 2.75) is 9.99 Å². The zero-order chi connectivity index (χ0) is 20.9. The molecule has 2 aromatic carbocycles. The lowest BCUT2D eigenvalue weighted by molar-refractivity contribution is -0.123. The topological polar surface area (TPSA) is 59.8 Å². The van der Waals surface area contributed by atoms with Gasteiger partial charge >= 0.3 is 0 Å². The van der Waals surface area contributed by atoms with Crippen molar-refractivity contribution in [1.82, 2.24) is 4.90 Å². The van der Waals surface area contributed by atoms with E-state index in [-0.39, 0.29) is 24.3 Å². The van der Waals surface area contributed by atoms with Gasteiger partial charge in [0.25, 0.3) is 11.1 Å². The fourth-order valence-corrected chi connectivity index (χ4v) is 4.54. The van der Waals surface area contributed by atoms with E-state index in [1.165, 1.54) is 11.8 Å². The highest BCUT2D eigenvalue weighted by atomic mass is 35.5. The first kappa shape index (κ1) is 20.7. The summed E-state index contributed by atoms with van der Waals surface area (Å²) in [4.78, 5) is 27.4. The molecule has 8 heteroatoms. The van der Waals surface area contributed by atoms with Crippen LogP contribution in [0.3, 0.4) is 0 Å². The van der Waals surface area contributed by atoms with E-state index in [1.807, 2.05) is 36.4 Å². The van der Waals surface area contributed by atoms with Gasteiger partial charge in [-0.25, -0.2) is 0 Å². The van der Waals surface area contributed by atoms with Crippen LogP contribution in [0.15, 0.2) is 86.0 Å². The molecule has 1 aliphatic heterocycles. The van der Waals surface area contributed by atoms with Crippen LogP contribution in [0, 0.1) is 0 Å². The van der Waals surface area contributed by atoms with Gasteiger partial charge in [0.15, 0.2) is 5.09 Å². The van der Waals surface area contributed by atoms with Crippen LogP contribution in [0.25, 0.3) is 6.08 Å². The van der Waals surface area contributed by atoms with Crippen molar-refractivity contribution < 1.29 is 18.7 Å². The van der Waals surface area contributed by atoms with Gasteiger partial charge in [0.1, 0.15) is 18.1 Å². The molecule has 152 valence electrons. The molecule has 0 N–H and O–H groups in total. The maximum atomic E-state index is 12.6. The number of thioether (sulfide) groups is 1. The quantitative estimate of drug-likeness (QED) is 0.394. The van der Waals surface area contributed by atoms with Gasteiger partial charge in [-0.1, -0.05) is 53.7 Å². The Morgan fingerprint density at radius 1 is 1.03 bits per heavy atom. The number of hydrogen-bond donors (Lipinski definition) is 0. The molecule has 1 aliphatic rings. The molecule has 0 spiro atoms. The van der Waals surface area contributed by atoms with Crippen LogP contribution < -0.4 is 4.74 Å². The second kappa shape index (κ2) is 9.47. The zero-order valence-electron chi connectivity index (χ0n) is 15.6. The van der Waals surface area contributed by atoms with E-state index in [2.05, 4.69) is 0 Å². The van der Waals surface area contributed by atoms with Gasteiger partial charge in [0.2, 0.25) is 0 Å². The Morgan fingerprint density at radius 2 is 1.80 bits per heavy atom. The molecular formula is C22H16ClNO4S2. The van der Waals surface area contributed by atoms with Crippen molar-refractivity contribution in [3.05, 3.63) is 82.4 Å². The largest absolute Gasteiger partial charge is 0.490 e. The Kier molecular flexibility index (Phi) is 6.52. The molecule has 4 rings (SSSR count). The van der Waals surface area contributed by atoms with Crippen LogP contribution in [0.4, 0.5) is 4.79 Å². The average molecular weight is 458 g/mol. The van der Waals surface area contributed by atoms with Crippen molar-refractivity contribution in [2.75, 3.05) is 13.2 Å². The number of carbonyl (C=O) groups excluding carboxylic acids is 2. The number of rotatable bonds is 7. The van der Waals surface area contributed by atoms with E-state index >= 15 is 0 Å². The minimum atomic E-state index is -0.360. The van der Waals surface area contributed by atoms with Crippen molar-refractivity contribution in [3.8, 4) is 5.75 Å². The fourth-order valence-electron chi connectivity index (χ4n) is 2.70. The second-order valence-corrected chi connectivity index (χ2v) is 8.66. The van der Waals surface area contributed by atoms with E-state index in [1.54, 1.807) is 36.4 Å². The summed E-state index contributed by atoms with van der Waals surface area (Å²) >= 11 is 8.42. The lowest BCUT2D eigenvalue weighted by Crippen LogP contribution is -2.32. The third-order valence-electron chi connectivity index (χ3n) is 4.12. The molecule has 0 unspecified atom stereocenters. The van der Waals surface area contributed by atoms with Gasteiger partial charge in [0.05, 0.1) is 16.5 Å². The number of furan rings is 1. The predicted octanol–water partition coefficient (Wildman–Crippen LogP) is 6.20. The number of ether oxygens (including phenoxy) is 1. The van der Waals surface area contributed by atoms with Crippen LogP contribution in [0.1, 0.15) is 5.76 Å². The summed E-state index contributed by atoms with van der Waals surface area (Å²) in [5.74, 6) is 0.674. The van der Waals surface area contributed by atoms with Crippen LogP contribution in [-0.4, -0.2) is 29.2 Å². The Morgan fingerprint density at radius 3 is 2.60 bits per heavy atom. The Bertz CT molecular complexity index is 1100. The number of benzene rings is 2. The van der Waals surface area contributed by atoms with Gasteiger partial charge in [-0.05, 0) is 48.2 Å². The molecular weight excluding hydrogens is 442 g/mol. The third kappa shape index (κ3) is 4.92. The monoisotopic (exact) mass is 457 g/mol. The number of para-hydroxylation sites is 1. The van der Waals surface area contributed by atoms with Gasteiger partial charge in [-0.3, -0.25) is 14.5 Å². The number of amides is 2. The van der Waals surface area contributed by atoms with Gasteiger partial charge in [-0.15, -0.1) is 0 Å². The molecule has 1 aromatic heterocycles. The van der Waals surface area contributed by atoms with Crippen molar-refractivity contribution in [2.24, 2.45) is 0 Å². The summed E-state index contributed by atoms with van der Waals surface area (Å²) in [6, 6.07) is 20.5. The molecule has 0 bridgehead atoms. The highest BCUT2D eigenvalue weighted by Gasteiger charge is 2.35. The van der Waals surface area contributed by atoms with Gasteiger partial charge in [-0.2, -0.15) is 0 Å². The Hall–Kier alpha value is -2.61. The summed E-state index contributed by atoms with van der Waals surface area (Å²) in [5.41, 5.74) is 0. The smallest absolute Gasteiger partial charge is 0.293 e. The van der Waals surface area contributed by atoms with Crippen LogP contribution in [0.2, 0.25) is 5.02 Å². The molecule has 0 radical (unpaired) electrons. The lowest BCUT2D eigenvalue weighted by atomic mass is 10.3. The first-order valence-corrected chi connectivity index (χ1v) is 11.1. The zero-order valence-corrected chi connectivity index (χ0v) is 18.0. The predicted molar refractivity (Wildman–Crippen MR) is 119 cm³/mol. The van der Waals surface area contributed by atoms with Crippen LogP contribution in [0.5, 0.6) is 5.75 Å². The maximum Gasteiger partial charge on any atom is 0.293 e. The van der Waals surface area contributed by atoms with Crippen molar-refractivity contribution in [3.63, 3.8) is 0 Å². The molecule has 0 aliphatic carbocycles. The van der Waals surface area contributed by atoms with Crippen LogP contribution in [-0.2, 0) is 4.79 Å². The van der Waals surface area contributed by atoms with E-state index in [0.717, 1.165) is 21.6 Å². The fraction of sp³-hybridized carbons (Fsp3) is 0.0909. The molecule has 2 amide bonds. The van der Waals surface area contributed by atoms with E-state index in [9.17, 15) is 9.59 Å². The molecule has 2 heterocycles. The lowest BCUT2D eigenvalue weighted by Gasteiger charge is -2.13. The summed E-state index contributed by atoms with van der Waals surface area (Å²) < 4.78 is 11.4. The standard InChI is InChI=1S/C22H16ClNO4S2/c23-17-8-4-5-9-18(17)27-13-12-24-21(25)19(30-22(24)26)14-15-10-11-20(28-15)29-16-6-2-1-3-7-16/h1-11,14H,12-13H2/b19-14-. The number of imide groups is 1. The highest BCUT2D eigenvalue weighted by Crippen LogP contribution is 2.34. The van der Waals surface area contributed by atoms with E-state index in [0.29, 0.717) is 26.5 Å². The number of halogens is 1. The summed E-state index contributed by atoms with van der Waals surface area (Å²) in [6.07, 6.45) is 1.59. The molecule has 1 saturated heterocycles. The molecule has 5 nitrogen and oxygen atoms in total. The third-order valence-corrected chi connectivity index (χ3v) is 6.27. The summed E-state index contributed by atoms with van der Waals surface area (Å²) in [5, 5.41) is 0.854.